The molecule has 1 amide bonds. The topological polar surface area (TPSA) is 66.3 Å². The van der Waals surface area contributed by atoms with Gasteiger partial charge in [0.25, 0.3) is 5.91 Å². The lowest BCUT2D eigenvalue weighted by Gasteiger charge is -2.52. The van der Waals surface area contributed by atoms with Gasteiger partial charge >= 0.3 is 0 Å². The summed E-state index contributed by atoms with van der Waals surface area (Å²) in [7, 11) is 0. The molecule has 1 aromatic heterocycles. The van der Waals surface area contributed by atoms with Crippen LogP contribution in [-0.2, 0) is 5.60 Å². The summed E-state index contributed by atoms with van der Waals surface area (Å²) in [4.78, 5) is 23.5. The molecule has 1 aliphatic heterocycles. The molecule has 1 unspecified atom stereocenters. The maximum Gasteiger partial charge on any atom is 0.274 e. The molecule has 2 aromatic rings. The maximum absolute atomic E-state index is 13.1. The molecule has 5 nitrogen and oxygen atoms in total. The quantitative estimate of drug-likeness (QED) is 0.903. The molecular formula is C21H25N3O2. The molecule has 1 aromatic carbocycles. The van der Waals surface area contributed by atoms with Crippen molar-refractivity contribution in [3.63, 3.8) is 0 Å². The van der Waals surface area contributed by atoms with Crippen molar-refractivity contribution in [2.45, 2.75) is 50.7 Å². The van der Waals surface area contributed by atoms with Gasteiger partial charge in [0, 0.05) is 24.7 Å². The van der Waals surface area contributed by atoms with Crippen LogP contribution in [0.25, 0.3) is 0 Å². The molecular weight excluding hydrogens is 326 g/mol. The minimum Gasteiger partial charge on any atom is -0.385 e. The molecule has 0 bridgehead atoms. The minimum absolute atomic E-state index is 0.0540. The van der Waals surface area contributed by atoms with Crippen molar-refractivity contribution in [3.05, 3.63) is 59.7 Å². The molecule has 0 spiro atoms. The largest absolute Gasteiger partial charge is 0.385 e. The Morgan fingerprint density at radius 2 is 1.92 bits per heavy atom. The first-order valence-corrected chi connectivity index (χ1v) is 9.47. The van der Waals surface area contributed by atoms with Gasteiger partial charge in [-0.3, -0.25) is 9.78 Å². The van der Waals surface area contributed by atoms with Crippen LogP contribution in [0.15, 0.2) is 42.7 Å². The van der Waals surface area contributed by atoms with Crippen LogP contribution >= 0.6 is 0 Å². The van der Waals surface area contributed by atoms with E-state index >= 15 is 0 Å². The number of hydrogen-bond donors (Lipinski definition) is 1. The fourth-order valence-electron chi connectivity index (χ4n) is 4.67. The molecule has 2 aliphatic rings. The predicted molar refractivity (Wildman–Crippen MR) is 98.5 cm³/mol. The molecule has 1 N–H and O–H groups in total. The van der Waals surface area contributed by atoms with Crippen LogP contribution in [0.1, 0.15) is 53.8 Å². The Balaban J connectivity index is 1.64. The van der Waals surface area contributed by atoms with Crippen molar-refractivity contribution in [1.82, 2.24) is 14.9 Å². The molecule has 26 heavy (non-hydrogen) atoms. The lowest BCUT2D eigenvalue weighted by Crippen LogP contribution is -2.59. The zero-order valence-corrected chi connectivity index (χ0v) is 15.1. The monoisotopic (exact) mass is 351 g/mol. The average Bonchev–Trinajstić information content (AvgIpc) is 2.69. The van der Waals surface area contributed by atoms with E-state index in [1.54, 1.807) is 12.4 Å². The van der Waals surface area contributed by atoms with Gasteiger partial charge in [-0.2, -0.15) is 0 Å². The van der Waals surface area contributed by atoms with Crippen molar-refractivity contribution in [2.75, 3.05) is 6.54 Å². The second kappa shape index (κ2) is 6.80. The number of benzene rings is 1. The van der Waals surface area contributed by atoms with Gasteiger partial charge in [-0.1, -0.05) is 43.2 Å². The third-order valence-corrected chi connectivity index (χ3v) is 6.01. The predicted octanol–water partition coefficient (Wildman–Crippen LogP) is 3.08. The average molecular weight is 351 g/mol. The molecule has 1 saturated carbocycles. The third kappa shape index (κ3) is 2.90. The highest BCUT2D eigenvalue weighted by molar-refractivity contribution is 5.92. The highest BCUT2D eigenvalue weighted by atomic mass is 16.3. The highest BCUT2D eigenvalue weighted by Crippen LogP contribution is 2.47. The Morgan fingerprint density at radius 3 is 2.65 bits per heavy atom. The number of aliphatic hydroxyl groups is 1. The first-order valence-electron chi connectivity index (χ1n) is 9.47. The molecule has 4 rings (SSSR count). The lowest BCUT2D eigenvalue weighted by atomic mass is 9.66. The number of piperidine rings is 1. The van der Waals surface area contributed by atoms with E-state index in [9.17, 15) is 9.90 Å². The summed E-state index contributed by atoms with van der Waals surface area (Å²) in [6.07, 6.45) is 7.83. The van der Waals surface area contributed by atoms with E-state index in [4.69, 9.17) is 0 Å². The first-order chi connectivity index (χ1) is 12.6. The van der Waals surface area contributed by atoms with Gasteiger partial charge in [-0.15, -0.1) is 0 Å². The fourth-order valence-corrected chi connectivity index (χ4v) is 4.67. The highest BCUT2D eigenvalue weighted by Gasteiger charge is 2.50. The molecule has 1 aliphatic carbocycles. The van der Waals surface area contributed by atoms with Crippen LogP contribution in [0.2, 0.25) is 0 Å². The van der Waals surface area contributed by atoms with Gasteiger partial charge < -0.3 is 10.0 Å². The van der Waals surface area contributed by atoms with E-state index in [0.717, 1.165) is 36.9 Å². The summed E-state index contributed by atoms with van der Waals surface area (Å²) in [5.74, 6) is -0.000677. The first kappa shape index (κ1) is 17.2. The maximum atomic E-state index is 13.1. The number of hydrogen-bond acceptors (Lipinski definition) is 4. The van der Waals surface area contributed by atoms with Crippen molar-refractivity contribution in [3.8, 4) is 0 Å². The fraction of sp³-hybridized carbons (Fsp3) is 0.476. The molecule has 136 valence electrons. The number of nitrogens with zero attached hydrogens (tertiary/aromatic N) is 3. The lowest BCUT2D eigenvalue weighted by molar-refractivity contribution is -0.110. The van der Waals surface area contributed by atoms with Crippen molar-refractivity contribution in [1.29, 1.82) is 0 Å². The van der Waals surface area contributed by atoms with E-state index in [0.29, 0.717) is 18.7 Å². The van der Waals surface area contributed by atoms with Crippen LogP contribution in [0.3, 0.4) is 0 Å². The van der Waals surface area contributed by atoms with Crippen molar-refractivity contribution >= 4 is 5.91 Å². The van der Waals surface area contributed by atoms with Crippen molar-refractivity contribution in [2.24, 2.45) is 5.92 Å². The second-order valence-electron chi connectivity index (χ2n) is 7.54. The van der Waals surface area contributed by atoms with Gasteiger partial charge in [-0.25, -0.2) is 4.98 Å². The molecule has 5 heteroatoms. The molecule has 2 heterocycles. The zero-order chi connectivity index (χ0) is 18.1. The zero-order valence-electron chi connectivity index (χ0n) is 15.1. The number of aromatic nitrogens is 2. The Kier molecular flexibility index (Phi) is 4.49. The SMILES string of the molecule is Cc1cnc(C(=O)N2CCC(O)(c3ccccc3)[C@H]3CCCC[C@@H]32)cn1. The standard InChI is InChI=1S/C21H25N3O2/c1-15-13-23-18(14-22-15)20(25)24-12-11-21(26,16-7-3-2-4-8-16)17-9-5-6-10-19(17)24/h2-4,7-8,13-14,17,19,26H,5-6,9-12H2,1H3/t17-,19-,21?/m0/s1. The van der Waals surface area contributed by atoms with E-state index in [2.05, 4.69) is 9.97 Å². The molecule has 2 fully saturated rings. The van der Waals surface area contributed by atoms with E-state index in [1.165, 1.54) is 0 Å². The van der Waals surface area contributed by atoms with Crippen LogP contribution in [-0.4, -0.2) is 38.5 Å². The Bertz CT molecular complexity index is 778. The number of fused-ring (bicyclic) bond motifs is 1. The normalized spacial score (nSPS) is 28.5. The molecule has 1 saturated heterocycles. The number of carbonyl (C=O) groups is 1. The number of aryl methyl sites for hydroxylation is 1. The van der Waals surface area contributed by atoms with Crippen LogP contribution in [0.4, 0.5) is 0 Å². The van der Waals surface area contributed by atoms with E-state index in [1.807, 2.05) is 42.2 Å². The summed E-state index contributed by atoms with van der Waals surface area (Å²) < 4.78 is 0. The minimum atomic E-state index is -0.859. The Hall–Kier alpha value is -2.27. The van der Waals surface area contributed by atoms with Gasteiger partial charge in [0.2, 0.25) is 0 Å². The van der Waals surface area contributed by atoms with Gasteiger partial charge in [0.1, 0.15) is 5.69 Å². The number of likely N-dealkylation sites (tertiary alicyclic amines) is 1. The second-order valence-corrected chi connectivity index (χ2v) is 7.54. The third-order valence-electron chi connectivity index (χ3n) is 6.01. The van der Waals surface area contributed by atoms with Gasteiger partial charge in [0.05, 0.1) is 17.5 Å². The molecule has 3 atom stereocenters. The van der Waals surface area contributed by atoms with E-state index < -0.39 is 5.60 Å². The van der Waals surface area contributed by atoms with Crippen LogP contribution in [0.5, 0.6) is 0 Å². The van der Waals surface area contributed by atoms with Gasteiger partial charge in [0.15, 0.2) is 0 Å². The smallest absolute Gasteiger partial charge is 0.274 e. The summed E-state index contributed by atoms with van der Waals surface area (Å²) in [6, 6.07) is 10.00. The Labute approximate surface area is 154 Å². The summed E-state index contributed by atoms with van der Waals surface area (Å²) in [5.41, 5.74) is 1.31. The van der Waals surface area contributed by atoms with Crippen LogP contribution < -0.4 is 0 Å². The Morgan fingerprint density at radius 1 is 1.15 bits per heavy atom. The number of carbonyl (C=O) groups excluding carboxylic acids is 1. The molecule has 0 radical (unpaired) electrons. The number of rotatable bonds is 2. The summed E-state index contributed by atoms with van der Waals surface area (Å²) in [6.45, 7) is 2.40. The van der Waals surface area contributed by atoms with Gasteiger partial charge in [-0.05, 0) is 31.7 Å². The summed E-state index contributed by atoms with van der Waals surface area (Å²) in [5, 5.41) is 11.6. The van der Waals surface area contributed by atoms with Crippen molar-refractivity contribution < 1.29 is 9.90 Å². The summed E-state index contributed by atoms with van der Waals surface area (Å²) >= 11 is 0. The van der Waals surface area contributed by atoms with E-state index in [-0.39, 0.29) is 17.9 Å². The van der Waals surface area contributed by atoms with Crippen LogP contribution in [0, 0.1) is 12.8 Å². The number of amides is 1.